The van der Waals surface area contributed by atoms with E-state index in [-0.39, 0.29) is 18.6 Å². The molecule has 5 heteroatoms. The molecule has 1 amide bonds. The number of rotatable bonds is 6. The molecule has 1 unspecified atom stereocenters. The minimum atomic E-state index is -0.266. The van der Waals surface area contributed by atoms with Crippen molar-refractivity contribution in [3.05, 3.63) is 0 Å². The lowest BCUT2D eigenvalue weighted by Crippen LogP contribution is -2.35. The van der Waals surface area contributed by atoms with Gasteiger partial charge in [-0.05, 0) is 18.6 Å². The molecule has 3 N–H and O–H groups in total. The molecule has 0 aliphatic carbocycles. The normalized spacial score (nSPS) is 22.0. The first-order chi connectivity index (χ1) is 6.75. The van der Waals surface area contributed by atoms with Crippen LogP contribution in [-0.2, 0) is 4.79 Å². The molecule has 0 bridgehead atoms. The number of aliphatic hydroxyl groups excluding tert-OH is 1. The minimum absolute atomic E-state index is 0.0905. The summed E-state index contributed by atoms with van der Waals surface area (Å²) in [5, 5.41) is 8.56. The largest absolute Gasteiger partial charge is 0.396 e. The summed E-state index contributed by atoms with van der Waals surface area (Å²) < 4.78 is 0. The molecule has 1 fully saturated rings. The smallest absolute Gasteiger partial charge is 0.239 e. The van der Waals surface area contributed by atoms with E-state index in [1.807, 2.05) is 4.90 Å². The van der Waals surface area contributed by atoms with E-state index in [1.165, 1.54) is 0 Å². The van der Waals surface area contributed by atoms with Crippen LogP contribution in [0.15, 0.2) is 0 Å². The average molecular weight is 218 g/mol. The van der Waals surface area contributed by atoms with E-state index in [2.05, 4.69) is 0 Å². The number of hydrogen-bond acceptors (Lipinski definition) is 4. The van der Waals surface area contributed by atoms with Gasteiger partial charge in [-0.25, -0.2) is 0 Å². The van der Waals surface area contributed by atoms with Crippen molar-refractivity contribution >= 4 is 17.7 Å². The summed E-state index contributed by atoms with van der Waals surface area (Å²) in [5.41, 5.74) is 5.59. The quantitative estimate of drug-likeness (QED) is 0.599. The van der Waals surface area contributed by atoms with Crippen molar-refractivity contribution in [3.63, 3.8) is 0 Å². The molecule has 0 aromatic carbocycles. The van der Waals surface area contributed by atoms with Gasteiger partial charge in [-0.2, -0.15) is 11.8 Å². The summed E-state index contributed by atoms with van der Waals surface area (Å²) in [7, 11) is 0. The summed E-state index contributed by atoms with van der Waals surface area (Å²) >= 11 is 1.77. The maximum absolute atomic E-state index is 11.4. The molecule has 4 nitrogen and oxygen atoms in total. The molecule has 1 heterocycles. The number of amides is 1. The van der Waals surface area contributed by atoms with Crippen molar-refractivity contribution in [2.24, 2.45) is 5.73 Å². The van der Waals surface area contributed by atoms with E-state index in [4.69, 9.17) is 10.8 Å². The molecule has 1 rings (SSSR count). The third-order valence-corrected chi connectivity index (χ3v) is 3.34. The molecule has 0 aromatic heterocycles. The highest BCUT2D eigenvalue weighted by Gasteiger charge is 2.27. The Morgan fingerprint density at radius 2 is 2.36 bits per heavy atom. The molecule has 14 heavy (non-hydrogen) atoms. The summed E-state index contributed by atoms with van der Waals surface area (Å²) in [6.45, 7) is 1.85. The average Bonchev–Trinajstić information content (AvgIpc) is 2.49. The lowest BCUT2D eigenvalue weighted by Gasteiger charge is -2.15. The van der Waals surface area contributed by atoms with E-state index in [0.29, 0.717) is 0 Å². The maximum Gasteiger partial charge on any atom is 0.239 e. The highest BCUT2D eigenvalue weighted by molar-refractivity contribution is 7.99. The van der Waals surface area contributed by atoms with Crippen LogP contribution in [0.25, 0.3) is 0 Å². The minimum Gasteiger partial charge on any atom is -0.396 e. The highest BCUT2D eigenvalue weighted by Crippen LogP contribution is 2.10. The fourth-order valence-electron chi connectivity index (χ4n) is 1.43. The maximum atomic E-state index is 11.4. The first kappa shape index (κ1) is 11.8. The zero-order chi connectivity index (χ0) is 10.4. The number of thioether (sulfide) groups is 1. The highest BCUT2D eigenvalue weighted by atomic mass is 32.2. The molecule has 1 aliphatic heterocycles. The monoisotopic (exact) mass is 218 g/mol. The molecule has 82 valence electrons. The Labute approximate surface area is 88.8 Å². The van der Waals surface area contributed by atoms with Gasteiger partial charge in [-0.1, -0.05) is 0 Å². The lowest BCUT2D eigenvalue weighted by molar-refractivity contribution is -0.128. The Kier molecular flexibility index (Phi) is 5.29. The van der Waals surface area contributed by atoms with Gasteiger partial charge < -0.3 is 15.7 Å². The van der Waals surface area contributed by atoms with E-state index in [9.17, 15) is 4.79 Å². The lowest BCUT2D eigenvalue weighted by atomic mass is 10.3. The third kappa shape index (κ3) is 3.48. The van der Waals surface area contributed by atoms with E-state index in [1.54, 1.807) is 11.8 Å². The van der Waals surface area contributed by atoms with Gasteiger partial charge in [0.1, 0.15) is 0 Å². The van der Waals surface area contributed by atoms with Crippen LogP contribution in [0.3, 0.4) is 0 Å². The van der Waals surface area contributed by atoms with E-state index in [0.717, 1.165) is 37.4 Å². The van der Waals surface area contributed by atoms with Gasteiger partial charge in [0.05, 0.1) is 6.04 Å². The number of nitrogens with zero attached hydrogens (tertiary/aromatic N) is 1. The van der Waals surface area contributed by atoms with Gasteiger partial charge in [0.25, 0.3) is 0 Å². The first-order valence-corrected chi connectivity index (χ1v) is 6.14. The number of likely N-dealkylation sites (tertiary alicyclic amines) is 1. The molecule has 0 spiro atoms. The summed E-state index contributed by atoms with van der Waals surface area (Å²) in [6, 6.07) is -0.266. The van der Waals surface area contributed by atoms with Crippen molar-refractivity contribution in [1.82, 2.24) is 4.90 Å². The molecule has 1 aliphatic rings. The van der Waals surface area contributed by atoms with Gasteiger partial charge in [-0.3, -0.25) is 4.79 Å². The molecule has 0 aromatic rings. The predicted molar refractivity (Wildman–Crippen MR) is 58.2 cm³/mol. The zero-order valence-electron chi connectivity index (χ0n) is 8.32. The number of aliphatic hydroxyl groups is 1. The van der Waals surface area contributed by atoms with E-state index < -0.39 is 0 Å². The van der Waals surface area contributed by atoms with Crippen molar-refractivity contribution in [3.8, 4) is 0 Å². The van der Waals surface area contributed by atoms with Gasteiger partial charge >= 0.3 is 0 Å². The molecule has 1 saturated heterocycles. The summed E-state index contributed by atoms with van der Waals surface area (Å²) in [5.74, 6) is 2.00. The van der Waals surface area contributed by atoms with Gasteiger partial charge in [0.15, 0.2) is 0 Å². The number of carbonyl (C=O) groups is 1. The first-order valence-electron chi connectivity index (χ1n) is 4.98. The zero-order valence-corrected chi connectivity index (χ0v) is 9.13. The van der Waals surface area contributed by atoms with Crippen LogP contribution in [0, 0.1) is 0 Å². The summed E-state index contributed by atoms with van der Waals surface area (Å²) in [6.07, 6.45) is 1.62. The number of hydrogen-bond donors (Lipinski definition) is 2. The Morgan fingerprint density at radius 1 is 1.57 bits per heavy atom. The van der Waals surface area contributed by atoms with Crippen LogP contribution in [0.4, 0.5) is 0 Å². The van der Waals surface area contributed by atoms with Crippen LogP contribution in [0.2, 0.25) is 0 Å². The summed E-state index contributed by atoms with van der Waals surface area (Å²) in [4.78, 5) is 13.2. The second-order valence-electron chi connectivity index (χ2n) is 3.41. The van der Waals surface area contributed by atoms with Crippen molar-refractivity contribution < 1.29 is 9.90 Å². The third-order valence-electron chi connectivity index (χ3n) is 2.29. The predicted octanol–water partition coefficient (Wildman–Crippen LogP) is -0.338. The fraction of sp³-hybridized carbons (Fsp3) is 0.889. The van der Waals surface area contributed by atoms with Crippen LogP contribution >= 0.6 is 11.8 Å². The molecular formula is C9H18N2O2S. The van der Waals surface area contributed by atoms with Crippen molar-refractivity contribution in [2.75, 3.05) is 31.2 Å². The molecule has 0 radical (unpaired) electrons. The SMILES string of the molecule is NC1CCN(CCSCCCO)C1=O. The Morgan fingerprint density at radius 3 is 2.93 bits per heavy atom. The Balaban J connectivity index is 2.04. The van der Waals surface area contributed by atoms with Gasteiger partial charge in [-0.15, -0.1) is 0 Å². The van der Waals surface area contributed by atoms with E-state index >= 15 is 0 Å². The van der Waals surface area contributed by atoms with Gasteiger partial charge in [0, 0.05) is 25.4 Å². The second-order valence-corrected chi connectivity index (χ2v) is 4.63. The second kappa shape index (κ2) is 6.27. The molecule has 0 saturated carbocycles. The Bertz CT molecular complexity index is 190. The van der Waals surface area contributed by atoms with Crippen LogP contribution in [-0.4, -0.2) is 53.2 Å². The number of carbonyl (C=O) groups excluding carboxylic acids is 1. The van der Waals surface area contributed by atoms with Crippen LogP contribution < -0.4 is 5.73 Å². The van der Waals surface area contributed by atoms with Crippen LogP contribution in [0.1, 0.15) is 12.8 Å². The standard InChI is InChI=1S/C9H18N2O2S/c10-8-2-3-11(9(8)13)4-7-14-6-1-5-12/h8,12H,1-7,10H2. The number of nitrogens with two attached hydrogens (primary N) is 1. The fourth-order valence-corrected chi connectivity index (χ4v) is 2.32. The van der Waals surface area contributed by atoms with Crippen molar-refractivity contribution in [1.29, 1.82) is 0 Å². The van der Waals surface area contributed by atoms with Crippen molar-refractivity contribution in [2.45, 2.75) is 18.9 Å². The van der Waals surface area contributed by atoms with Crippen LogP contribution in [0.5, 0.6) is 0 Å². The Hall–Kier alpha value is -0.260. The van der Waals surface area contributed by atoms with Gasteiger partial charge in [0.2, 0.25) is 5.91 Å². The topological polar surface area (TPSA) is 66.6 Å². The molecular weight excluding hydrogens is 200 g/mol. The molecule has 1 atom stereocenters.